The molecule has 0 aliphatic rings. The molecule has 0 aromatic rings. The summed E-state index contributed by atoms with van der Waals surface area (Å²) in [5, 5.41) is 0. The van der Waals surface area contributed by atoms with Crippen LogP contribution in [0.15, 0.2) is 11.0 Å². The number of allylic oxidation sites excluding steroid dienone is 1. The van der Waals surface area contributed by atoms with Crippen molar-refractivity contribution in [3.05, 3.63) is 11.0 Å². The van der Waals surface area contributed by atoms with Gasteiger partial charge in [0.1, 0.15) is 0 Å². The molecule has 0 aliphatic carbocycles. The second kappa shape index (κ2) is 4.01. The standard InChI is InChI=1S/C7H15GeI/c1-7(5-6-9)8(2,3)4/h1,5-6H2,2-4H3. The molecule has 0 rings (SSSR count). The van der Waals surface area contributed by atoms with E-state index in [-0.39, 0.29) is 0 Å². The molecular weight excluding hydrogens is 284 g/mol. The number of alkyl halides is 1. The van der Waals surface area contributed by atoms with E-state index < -0.39 is 13.3 Å². The minimum atomic E-state index is -1.43. The summed E-state index contributed by atoms with van der Waals surface area (Å²) in [6, 6.07) is 0. The summed E-state index contributed by atoms with van der Waals surface area (Å²) in [5.74, 6) is 7.19. The Morgan fingerprint density at radius 2 is 1.89 bits per heavy atom. The average molecular weight is 299 g/mol. The van der Waals surface area contributed by atoms with Gasteiger partial charge >= 0.3 is 75.0 Å². The zero-order valence-electron chi connectivity index (χ0n) is 6.50. The summed E-state index contributed by atoms with van der Waals surface area (Å²) in [6.07, 6.45) is 1.24. The molecule has 9 heavy (non-hydrogen) atoms. The summed E-state index contributed by atoms with van der Waals surface area (Å²) in [5.41, 5.74) is 0. The van der Waals surface area contributed by atoms with Crippen LogP contribution in [0.2, 0.25) is 17.3 Å². The Bertz CT molecular complexity index is 102. The zero-order chi connectivity index (χ0) is 7.49. The van der Waals surface area contributed by atoms with E-state index in [0.29, 0.717) is 0 Å². The van der Waals surface area contributed by atoms with Crippen LogP contribution in [-0.4, -0.2) is 17.7 Å². The molecular formula is C7H15GeI. The van der Waals surface area contributed by atoms with E-state index in [1.54, 1.807) is 4.41 Å². The summed E-state index contributed by atoms with van der Waals surface area (Å²) in [7, 11) is 0. The average Bonchev–Trinajstić information content (AvgIpc) is 1.64. The van der Waals surface area contributed by atoms with E-state index in [1.165, 1.54) is 10.8 Å². The Labute approximate surface area is 74.6 Å². The first-order chi connectivity index (χ1) is 3.98. The number of hydrogen-bond acceptors (Lipinski definition) is 0. The topological polar surface area (TPSA) is 0 Å². The summed E-state index contributed by atoms with van der Waals surface area (Å²) >= 11 is 0.979. The molecule has 0 fully saturated rings. The predicted molar refractivity (Wildman–Crippen MR) is 56.0 cm³/mol. The van der Waals surface area contributed by atoms with Crippen LogP contribution in [0.25, 0.3) is 0 Å². The summed E-state index contributed by atoms with van der Waals surface area (Å²) in [6.45, 7) is 4.09. The van der Waals surface area contributed by atoms with E-state index in [0.717, 1.165) is 0 Å². The molecule has 0 nitrogen and oxygen atoms in total. The third-order valence-electron chi connectivity index (χ3n) is 1.46. The first-order valence-corrected chi connectivity index (χ1v) is 12.1. The molecule has 0 atom stereocenters. The van der Waals surface area contributed by atoms with Crippen molar-refractivity contribution in [2.24, 2.45) is 0 Å². The van der Waals surface area contributed by atoms with Gasteiger partial charge in [0, 0.05) is 0 Å². The molecule has 0 amide bonds. The van der Waals surface area contributed by atoms with Gasteiger partial charge in [0.25, 0.3) is 0 Å². The van der Waals surface area contributed by atoms with Crippen LogP contribution in [0.3, 0.4) is 0 Å². The maximum absolute atomic E-state index is 4.09. The quantitative estimate of drug-likeness (QED) is 0.426. The molecule has 0 radical (unpaired) electrons. The fourth-order valence-electron chi connectivity index (χ4n) is 0.489. The molecule has 0 aromatic carbocycles. The molecule has 0 aliphatic heterocycles. The molecule has 0 aromatic heterocycles. The van der Waals surface area contributed by atoms with Gasteiger partial charge in [-0.2, -0.15) is 0 Å². The third-order valence-corrected chi connectivity index (χ3v) is 6.97. The molecule has 0 saturated carbocycles. The van der Waals surface area contributed by atoms with Crippen molar-refractivity contribution in [2.45, 2.75) is 23.7 Å². The fourth-order valence-corrected chi connectivity index (χ4v) is 4.04. The summed E-state index contributed by atoms with van der Waals surface area (Å²) in [4.78, 5) is 0. The van der Waals surface area contributed by atoms with Gasteiger partial charge in [-0.05, 0) is 0 Å². The monoisotopic (exact) mass is 300 g/mol. The van der Waals surface area contributed by atoms with Crippen molar-refractivity contribution in [1.29, 1.82) is 0 Å². The van der Waals surface area contributed by atoms with Crippen LogP contribution >= 0.6 is 22.6 Å². The third kappa shape index (κ3) is 4.42. The minimum absolute atomic E-state index is 1.24. The Morgan fingerprint density at radius 1 is 1.44 bits per heavy atom. The van der Waals surface area contributed by atoms with E-state index in [4.69, 9.17) is 0 Å². The van der Waals surface area contributed by atoms with Crippen molar-refractivity contribution in [1.82, 2.24) is 0 Å². The first-order valence-electron chi connectivity index (χ1n) is 3.22. The van der Waals surface area contributed by atoms with E-state index in [1.807, 2.05) is 0 Å². The predicted octanol–water partition coefficient (Wildman–Crippen LogP) is 3.25. The summed E-state index contributed by atoms with van der Waals surface area (Å²) < 4.78 is 2.78. The first kappa shape index (κ1) is 10.0. The zero-order valence-corrected chi connectivity index (χ0v) is 10.8. The van der Waals surface area contributed by atoms with Gasteiger partial charge in [-0.3, -0.25) is 0 Å². The number of halogens is 1. The second-order valence-corrected chi connectivity index (χ2v) is 15.3. The Morgan fingerprint density at radius 3 is 2.00 bits per heavy atom. The number of rotatable bonds is 3. The van der Waals surface area contributed by atoms with Crippen molar-refractivity contribution in [2.75, 3.05) is 4.43 Å². The van der Waals surface area contributed by atoms with Crippen LogP contribution in [-0.2, 0) is 0 Å². The fraction of sp³-hybridized carbons (Fsp3) is 0.714. The van der Waals surface area contributed by atoms with Crippen molar-refractivity contribution in [3.63, 3.8) is 0 Å². The molecule has 0 spiro atoms. The SMILES string of the molecule is C=[C](CCI)[Ge]([CH3])([CH3])[CH3]. The molecule has 0 heterocycles. The normalized spacial score (nSPS) is 11.6. The van der Waals surface area contributed by atoms with Gasteiger partial charge in [0.05, 0.1) is 0 Å². The molecule has 54 valence electrons. The van der Waals surface area contributed by atoms with Crippen LogP contribution < -0.4 is 0 Å². The van der Waals surface area contributed by atoms with Crippen LogP contribution in [0.1, 0.15) is 6.42 Å². The van der Waals surface area contributed by atoms with Crippen LogP contribution in [0.4, 0.5) is 0 Å². The van der Waals surface area contributed by atoms with E-state index >= 15 is 0 Å². The van der Waals surface area contributed by atoms with Gasteiger partial charge in [-0.15, -0.1) is 0 Å². The number of hydrogen-bond donors (Lipinski definition) is 0. The molecule has 2 heteroatoms. The van der Waals surface area contributed by atoms with Gasteiger partial charge in [-0.1, -0.05) is 0 Å². The van der Waals surface area contributed by atoms with Gasteiger partial charge < -0.3 is 0 Å². The van der Waals surface area contributed by atoms with E-state index in [2.05, 4.69) is 46.4 Å². The second-order valence-electron chi connectivity index (χ2n) is 3.29. The molecule has 0 bridgehead atoms. The molecule has 0 saturated heterocycles. The Kier molecular flexibility index (Phi) is 4.46. The van der Waals surface area contributed by atoms with Crippen molar-refractivity contribution in [3.8, 4) is 0 Å². The molecule has 0 unspecified atom stereocenters. The van der Waals surface area contributed by atoms with Crippen molar-refractivity contribution < 1.29 is 0 Å². The maximum atomic E-state index is 4.09. The Hall–Kier alpha value is 1.01. The van der Waals surface area contributed by atoms with Gasteiger partial charge in [0.2, 0.25) is 0 Å². The van der Waals surface area contributed by atoms with Gasteiger partial charge in [0.15, 0.2) is 0 Å². The van der Waals surface area contributed by atoms with Crippen molar-refractivity contribution >= 4 is 35.9 Å². The van der Waals surface area contributed by atoms with Gasteiger partial charge in [-0.25, -0.2) is 0 Å². The molecule has 0 N–H and O–H groups in total. The van der Waals surface area contributed by atoms with E-state index in [9.17, 15) is 0 Å². The van der Waals surface area contributed by atoms with Crippen LogP contribution in [0.5, 0.6) is 0 Å². The van der Waals surface area contributed by atoms with Crippen LogP contribution in [0, 0.1) is 0 Å². The Balaban J connectivity index is 3.74.